The van der Waals surface area contributed by atoms with E-state index in [1.807, 2.05) is 0 Å². The first kappa shape index (κ1) is 38.5. The number of amides is 5. The molecule has 1 aliphatic carbocycles. The first-order chi connectivity index (χ1) is 23.8. The van der Waals surface area contributed by atoms with Crippen molar-refractivity contribution in [2.75, 3.05) is 11.9 Å². The highest BCUT2D eigenvalue weighted by Crippen LogP contribution is 2.40. The Bertz CT molecular complexity index is 1670. The van der Waals surface area contributed by atoms with Gasteiger partial charge in [0.25, 0.3) is 5.91 Å². The monoisotopic (exact) mass is 734 g/mol. The fraction of sp³-hybridized carbons (Fsp3) is 0.600. The number of hydrogen-bond donors (Lipinski definition) is 6. The molecule has 1 saturated carbocycles. The minimum Gasteiger partial charge on any atom is -0.478 e. The van der Waals surface area contributed by atoms with Gasteiger partial charge in [-0.15, -0.1) is 11.3 Å². The number of rotatable bonds is 15. The highest BCUT2D eigenvalue weighted by Gasteiger charge is 2.55. The topological polar surface area (TPSA) is 266 Å². The van der Waals surface area contributed by atoms with Crippen LogP contribution in [-0.2, 0) is 46.6 Å². The minimum atomic E-state index is -1.57. The van der Waals surface area contributed by atoms with E-state index in [0.29, 0.717) is 12.1 Å². The van der Waals surface area contributed by atoms with Crippen molar-refractivity contribution in [2.45, 2.75) is 109 Å². The van der Waals surface area contributed by atoms with E-state index in [1.165, 1.54) is 16.4 Å². The number of thiazole rings is 1. The molecule has 0 radical (unpaired) electrons. The predicted octanol–water partition coefficient (Wildman–Crippen LogP) is 1.02. The van der Waals surface area contributed by atoms with Crippen LogP contribution in [0, 0.1) is 0 Å². The molecule has 1 saturated heterocycles. The summed E-state index contributed by atoms with van der Waals surface area (Å²) >= 11 is 0.961. The summed E-state index contributed by atoms with van der Waals surface area (Å²) in [5.74, 6) is -2.87. The van der Waals surface area contributed by atoms with Gasteiger partial charge in [0, 0.05) is 31.2 Å². The zero-order valence-electron chi connectivity index (χ0n) is 29.0. The number of aliphatic carboxylic acids is 1. The normalized spacial score (nSPS) is 18.0. The molecule has 2 aliphatic rings. The van der Waals surface area contributed by atoms with Crippen LogP contribution >= 0.6 is 11.3 Å². The number of nitrogens with zero attached hydrogens (tertiary/aromatic N) is 5. The zero-order valence-corrected chi connectivity index (χ0v) is 29.8. The van der Waals surface area contributed by atoms with Crippen LogP contribution in [0.25, 0.3) is 0 Å². The Hall–Kier alpha value is -5.34. The number of carboxylic acids is 1. The molecule has 3 heterocycles. The van der Waals surface area contributed by atoms with Gasteiger partial charge in [0.15, 0.2) is 10.8 Å². The molecule has 1 aliphatic heterocycles. The second kappa shape index (κ2) is 15.7. The lowest BCUT2D eigenvalue weighted by Crippen LogP contribution is -2.70. The summed E-state index contributed by atoms with van der Waals surface area (Å²) in [5, 5.41) is 36.3. The van der Waals surface area contributed by atoms with E-state index in [1.54, 1.807) is 41.5 Å². The van der Waals surface area contributed by atoms with Crippen molar-refractivity contribution in [2.24, 2.45) is 5.16 Å². The van der Waals surface area contributed by atoms with Crippen LogP contribution in [0.1, 0.15) is 78.6 Å². The maximum Gasteiger partial charge on any atom is 0.413 e. The number of oxime groups is 1. The van der Waals surface area contributed by atoms with E-state index in [0.717, 1.165) is 11.3 Å². The minimum absolute atomic E-state index is 0.0410. The molecule has 0 unspecified atom stereocenters. The third-order valence-electron chi connectivity index (χ3n) is 6.93. The predicted molar refractivity (Wildman–Crippen MR) is 178 cm³/mol. The fourth-order valence-corrected chi connectivity index (χ4v) is 4.99. The molecular formula is C30H42N10O10S. The number of anilines is 1. The molecule has 6 N–H and O–H groups in total. The highest BCUT2D eigenvalue weighted by atomic mass is 32.1. The molecule has 0 spiro atoms. The Balaban J connectivity index is 1.31. The van der Waals surface area contributed by atoms with Gasteiger partial charge in [-0.25, -0.2) is 19.4 Å². The lowest BCUT2D eigenvalue weighted by molar-refractivity contribution is -0.153. The highest BCUT2D eigenvalue weighted by molar-refractivity contribution is 7.14. The van der Waals surface area contributed by atoms with Gasteiger partial charge in [-0.2, -0.15) is 15.0 Å². The quantitative estimate of drug-likeness (QED) is 0.0647. The summed E-state index contributed by atoms with van der Waals surface area (Å²) < 4.78 is 10.4. The van der Waals surface area contributed by atoms with Crippen molar-refractivity contribution in [3.63, 3.8) is 0 Å². The smallest absolute Gasteiger partial charge is 0.413 e. The average Bonchev–Trinajstić information content (AvgIpc) is 3.45. The Kier molecular flexibility index (Phi) is 11.8. The van der Waals surface area contributed by atoms with Crippen molar-refractivity contribution >= 4 is 58.1 Å². The van der Waals surface area contributed by atoms with Crippen LogP contribution in [-0.4, -0.2) is 102 Å². The van der Waals surface area contributed by atoms with E-state index in [-0.39, 0.29) is 55.6 Å². The van der Waals surface area contributed by atoms with Crippen molar-refractivity contribution < 1.29 is 48.2 Å². The maximum absolute atomic E-state index is 13.5. The first-order valence-corrected chi connectivity index (χ1v) is 16.9. The molecular weight excluding hydrogens is 692 g/mol. The van der Waals surface area contributed by atoms with Gasteiger partial charge in [-0.1, -0.05) is 5.16 Å². The average molecular weight is 735 g/mol. The molecule has 4 rings (SSSR count). The third-order valence-corrected chi connectivity index (χ3v) is 7.69. The van der Waals surface area contributed by atoms with Crippen LogP contribution in [0.4, 0.5) is 14.7 Å². The van der Waals surface area contributed by atoms with E-state index in [4.69, 9.17) is 14.3 Å². The number of alkyl carbamates (subject to hydrolysis) is 1. The molecule has 2 aromatic heterocycles. The number of β-lactam (4-membered cyclic amide) rings is 1. The number of aromatic nitrogens is 4. The molecule has 2 atom stereocenters. The standard InChI is InChI=1S/C30H42N10O10S/c1-28(2,3)48-26(46)31-11-7-8-19(41)32-12-16-13-33-40(38-16)14-17-20(22(42)34-17)36-23(43)21(39-50-30(9-10-30)24(44)45)18-15-51-25(35-18)37-27(47)49-29(4,5)6/h13,15,17,20H,7-12,14H2,1-6H3,(H,31,46)(H,32,41)(H,34,42)(H,36,43)(H,44,45)(H,35,37,47)/t17-,20-/m0/s1. The molecule has 2 fully saturated rings. The first-order valence-electron chi connectivity index (χ1n) is 16.0. The molecule has 278 valence electrons. The third kappa shape index (κ3) is 11.6. The van der Waals surface area contributed by atoms with Crippen LogP contribution in [0.2, 0.25) is 0 Å². The Morgan fingerprint density at radius 3 is 2.39 bits per heavy atom. The summed E-state index contributed by atoms with van der Waals surface area (Å²) in [4.78, 5) is 84.5. The van der Waals surface area contributed by atoms with Gasteiger partial charge in [-0.3, -0.25) is 19.7 Å². The zero-order chi connectivity index (χ0) is 37.6. The van der Waals surface area contributed by atoms with Gasteiger partial charge in [0.1, 0.15) is 28.6 Å². The lowest BCUT2D eigenvalue weighted by Gasteiger charge is -2.36. The summed E-state index contributed by atoms with van der Waals surface area (Å²) in [6, 6.07) is -1.68. The number of ether oxygens (including phenoxy) is 2. The van der Waals surface area contributed by atoms with E-state index < -0.39 is 64.6 Å². The van der Waals surface area contributed by atoms with Crippen molar-refractivity contribution in [1.82, 2.24) is 41.2 Å². The van der Waals surface area contributed by atoms with Gasteiger partial charge < -0.3 is 40.7 Å². The van der Waals surface area contributed by atoms with E-state index >= 15 is 0 Å². The number of nitrogens with one attached hydrogen (secondary N) is 5. The van der Waals surface area contributed by atoms with Gasteiger partial charge in [0.05, 0.1) is 25.3 Å². The van der Waals surface area contributed by atoms with E-state index in [9.17, 15) is 33.9 Å². The Morgan fingerprint density at radius 2 is 1.76 bits per heavy atom. The lowest BCUT2D eigenvalue weighted by atomic mass is 9.98. The summed E-state index contributed by atoms with van der Waals surface area (Å²) in [7, 11) is 0. The molecule has 2 aromatic rings. The molecule has 0 aromatic carbocycles. The van der Waals surface area contributed by atoms with Gasteiger partial charge in [0.2, 0.25) is 17.4 Å². The van der Waals surface area contributed by atoms with Gasteiger partial charge >= 0.3 is 18.2 Å². The van der Waals surface area contributed by atoms with Crippen molar-refractivity contribution in [1.29, 1.82) is 0 Å². The number of carboxylic acid groups (broad SMARTS) is 1. The number of hydrogen-bond acceptors (Lipinski definition) is 14. The van der Waals surface area contributed by atoms with Crippen LogP contribution < -0.4 is 26.6 Å². The van der Waals surface area contributed by atoms with Crippen LogP contribution in [0.15, 0.2) is 16.7 Å². The SMILES string of the molecule is CC(C)(C)OC(=O)NCCCC(=O)NCc1cnn(C[C@@H]2NC(=O)[C@H]2NC(=O)C(=NOC2(C(=O)O)CC2)c2csc(NC(=O)OC(C)(C)C)n2)n1. The largest absolute Gasteiger partial charge is 0.478 e. The molecule has 21 heteroatoms. The molecule has 20 nitrogen and oxygen atoms in total. The number of carbonyl (C=O) groups excluding carboxylic acids is 5. The number of carbonyl (C=O) groups is 6. The Morgan fingerprint density at radius 1 is 1.08 bits per heavy atom. The second-order valence-corrected chi connectivity index (χ2v) is 14.6. The van der Waals surface area contributed by atoms with Crippen LogP contribution in [0.5, 0.6) is 0 Å². The molecule has 51 heavy (non-hydrogen) atoms. The summed E-state index contributed by atoms with van der Waals surface area (Å²) in [6.45, 7) is 10.7. The molecule has 5 amide bonds. The second-order valence-electron chi connectivity index (χ2n) is 13.8. The Labute approximate surface area is 296 Å². The van der Waals surface area contributed by atoms with Gasteiger partial charge in [-0.05, 0) is 48.0 Å². The van der Waals surface area contributed by atoms with Crippen molar-refractivity contribution in [3.8, 4) is 0 Å². The van der Waals surface area contributed by atoms with E-state index in [2.05, 4.69) is 46.9 Å². The fourth-order valence-electron chi connectivity index (χ4n) is 4.30. The van der Waals surface area contributed by atoms with Crippen molar-refractivity contribution in [3.05, 3.63) is 23.0 Å². The summed E-state index contributed by atoms with van der Waals surface area (Å²) in [5.41, 5.74) is -2.97. The maximum atomic E-state index is 13.5. The molecule has 0 bridgehead atoms. The van der Waals surface area contributed by atoms with Crippen LogP contribution in [0.3, 0.4) is 0 Å². The summed E-state index contributed by atoms with van der Waals surface area (Å²) in [6.07, 6.45) is 1.05.